The fourth-order valence-electron chi connectivity index (χ4n) is 3.48. The number of piperazine rings is 1. The van der Waals surface area contributed by atoms with Crippen molar-refractivity contribution >= 4 is 11.5 Å². The molecule has 0 bridgehead atoms. The Morgan fingerprint density at radius 1 is 0.967 bits per heavy atom. The van der Waals surface area contributed by atoms with Gasteiger partial charge in [0.2, 0.25) is 5.78 Å². The van der Waals surface area contributed by atoms with E-state index in [1.165, 1.54) is 0 Å². The van der Waals surface area contributed by atoms with E-state index in [0.717, 1.165) is 37.4 Å². The third kappa shape index (κ3) is 4.07. The summed E-state index contributed by atoms with van der Waals surface area (Å²) in [5.41, 5.74) is 3.17. The van der Waals surface area contributed by atoms with Crippen LogP contribution >= 0.6 is 0 Å². The summed E-state index contributed by atoms with van der Waals surface area (Å²) in [5.74, 6) is 5.90. The maximum absolute atomic E-state index is 13.4. The van der Waals surface area contributed by atoms with Crippen LogP contribution in [0.25, 0.3) is 0 Å². The Morgan fingerprint density at radius 3 is 2.47 bits per heavy atom. The van der Waals surface area contributed by atoms with Gasteiger partial charge in [0.15, 0.2) is 0 Å². The number of benzene rings is 2. The van der Waals surface area contributed by atoms with Gasteiger partial charge in [-0.1, -0.05) is 42.2 Å². The Morgan fingerprint density at radius 2 is 1.70 bits per heavy atom. The number of pyridine rings is 1. The zero-order valence-corrected chi connectivity index (χ0v) is 16.4. The van der Waals surface area contributed by atoms with Gasteiger partial charge in [0.25, 0.3) is 0 Å². The number of nitrogens with zero attached hydrogens (tertiary/aromatic N) is 3. The number of ketones is 1. The van der Waals surface area contributed by atoms with Crippen LogP contribution < -0.4 is 10.2 Å². The highest BCUT2D eigenvalue weighted by Crippen LogP contribution is 2.25. The lowest BCUT2D eigenvalue weighted by Gasteiger charge is -2.30. The van der Waals surface area contributed by atoms with E-state index in [1.807, 2.05) is 48.5 Å². The number of hydrogen-bond donors (Lipinski definition) is 1. The fourth-order valence-corrected chi connectivity index (χ4v) is 3.48. The summed E-state index contributed by atoms with van der Waals surface area (Å²) >= 11 is 0. The van der Waals surface area contributed by atoms with Crippen molar-refractivity contribution in [3.05, 3.63) is 94.8 Å². The second kappa shape index (κ2) is 9.05. The van der Waals surface area contributed by atoms with Gasteiger partial charge in [0.05, 0.1) is 5.69 Å². The normalized spacial score (nSPS) is 13.1. The number of anilines is 1. The topological polar surface area (TPSA) is 69.0 Å². The number of carbonyl (C=O) groups is 1. The molecule has 1 aliphatic rings. The van der Waals surface area contributed by atoms with Crippen molar-refractivity contribution in [3.63, 3.8) is 0 Å². The van der Waals surface area contributed by atoms with Gasteiger partial charge in [0.1, 0.15) is 17.3 Å². The molecule has 0 aliphatic carbocycles. The van der Waals surface area contributed by atoms with Crippen molar-refractivity contribution in [2.75, 3.05) is 31.1 Å². The van der Waals surface area contributed by atoms with Gasteiger partial charge in [-0.15, -0.1) is 0 Å². The van der Waals surface area contributed by atoms with E-state index >= 15 is 0 Å². The number of hydrogen-bond acceptors (Lipinski definition) is 5. The van der Waals surface area contributed by atoms with Crippen molar-refractivity contribution < 1.29 is 4.79 Å². The lowest BCUT2D eigenvalue weighted by atomic mass is 9.98. The van der Waals surface area contributed by atoms with Crippen LogP contribution in [0.3, 0.4) is 0 Å². The first-order valence-corrected chi connectivity index (χ1v) is 9.83. The molecule has 1 aromatic heterocycles. The van der Waals surface area contributed by atoms with E-state index in [9.17, 15) is 10.1 Å². The fraction of sp³-hybridized carbons (Fsp3) is 0.160. The summed E-state index contributed by atoms with van der Waals surface area (Å²) in [7, 11) is 0. The highest BCUT2D eigenvalue weighted by molar-refractivity contribution is 6.11. The molecule has 30 heavy (non-hydrogen) atoms. The first kappa shape index (κ1) is 19.4. The molecule has 0 saturated carbocycles. The van der Waals surface area contributed by atoms with Crippen molar-refractivity contribution in [1.29, 1.82) is 5.26 Å². The molecule has 4 rings (SSSR count). The summed E-state index contributed by atoms with van der Waals surface area (Å²) in [6, 6.07) is 20.8. The summed E-state index contributed by atoms with van der Waals surface area (Å²) in [6.07, 6.45) is 1.60. The van der Waals surface area contributed by atoms with Gasteiger partial charge < -0.3 is 10.2 Å². The van der Waals surface area contributed by atoms with E-state index in [0.29, 0.717) is 16.7 Å². The molecule has 2 aromatic carbocycles. The predicted molar refractivity (Wildman–Crippen MR) is 116 cm³/mol. The quantitative estimate of drug-likeness (QED) is 0.548. The maximum Gasteiger partial charge on any atom is 0.214 e. The molecule has 1 aliphatic heterocycles. The number of nitriles is 1. The lowest BCUT2D eigenvalue weighted by Crippen LogP contribution is -2.44. The first-order valence-electron chi connectivity index (χ1n) is 9.83. The molecule has 1 N–H and O–H groups in total. The number of aromatic nitrogens is 1. The van der Waals surface area contributed by atoms with Crippen LogP contribution in [-0.4, -0.2) is 36.9 Å². The second-order valence-corrected chi connectivity index (χ2v) is 6.89. The molecule has 1 saturated heterocycles. The third-order valence-electron chi connectivity index (χ3n) is 5.00. The largest absolute Gasteiger partial charge is 0.368 e. The maximum atomic E-state index is 13.4. The highest BCUT2D eigenvalue weighted by Gasteiger charge is 2.23. The van der Waals surface area contributed by atoms with E-state index in [2.05, 4.69) is 33.1 Å². The van der Waals surface area contributed by atoms with Crippen LogP contribution in [0.5, 0.6) is 0 Å². The van der Waals surface area contributed by atoms with Crippen molar-refractivity contribution in [1.82, 2.24) is 10.3 Å². The van der Waals surface area contributed by atoms with Gasteiger partial charge >= 0.3 is 0 Å². The van der Waals surface area contributed by atoms with Crippen LogP contribution in [0.2, 0.25) is 0 Å². The molecule has 2 heterocycles. The number of nitrogens with one attached hydrogen (secondary N) is 1. The summed E-state index contributed by atoms with van der Waals surface area (Å²) in [6.45, 7) is 3.25. The molecule has 5 nitrogen and oxygen atoms in total. The third-order valence-corrected chi connectivity index (χ3v) is 5.00. The summed E-state index contributed by atoms with van der Waals surface area (Å²) in [5, 5.41) is 13.1. The zero-order chi connectivity index (χ0) is 20.8. The molecule has 0 radical (unpaired) electrons. The monoisotopic (exact) mass is 392 g/mol. The minimum Gasteiger partial charge on any atom is -0.368 e. The molecule has 146 valence electrons. The Bertz CT molecular complexity index is 1160. The molecule has 5 heteroatoms. The number of carbonyl (C=O) groups excluding carboxylic acids is 1. The van der Waals surface area contributed by atoms with Crippen LogP contribution in [-0.2, 0) is 0 Å². The van der Waals surface area contributed by atoms with E-state index in [-0.39, 0.29) is 11.5 Å². The minimum absolute atomic E-state index is 0.169. The van der Waals surface area contributed by atoms with Crippen molar-refractivity contribution in [2.24, 2.45) is 0 Å². The predicted octanol–water partition coefficient (Wildman–Crippen LogP) is 2.99. The molecule has 0 unspecified atom stereocenters. The van der Waals surface area contributed by atoms with Crippen LogP contribution in [0.4, 0.5) is 5.69 Å². The minimum atomic E-state index is -0.290. The SMILES string of the molecule is N#Cc1c(N2CCNCC2)ccnc1C(=O)c1ccccc1C#Cc1ccccc1. The van der Waals surface area contributed by atoms with Crippen LogP contribution in [0, 0.1) is 23.2 Å². The Hall–Kier alpha value is -3.93. The summed E-state index contributed by atoms with van der Waals surface area (Å²) < 4.78 is 0. The van der Waals surface area contributed by atoms with E-state index in [4.69, 9.17) is 0 Å². The molecule has 0 spiro atoms. The average Bonchev–Trinajstić information content (AvgIpc) is 2.83. The Balaban J connectivity index is 1.73. The van der Waals surface area contributed by atoms with E-state index in [1.54, 1.807) is 18.3 Å². The lowest BCUT2D eigenvalue weighted by molar-refractivity contribution is 0.103. The molecular weight excluding hydrogens is 372 g/mol. The first-order chi connectivity index (χ1) is 14.8. The highest BCUT2D eigenvalue weighted by atomic mass is 16.1. The zero-order valence-electron chi connectivity index (χ0n) is 16.4. The Labute approximate surface area is 176 Å². The molecule has 1 fully saturated rings. The van der Waals surface area contributed by atoms with Gasteiger partial charge in [0, 0.05) is 49.1 Å². The van der Waals surface area contributed by atoms with Crippen molar-refractivity contribution in [2.45, 2.75) is 0 Å². The molecule has 0 amide bonds. The van der Waals surface area contributed by atoms with Crippen LogP contribution in [0.1, 0.15) is 32.7 Å². The van der Waals surface area contributed by atoms with Crippen molar-refractivity contribution in [3.8, 4) is 17.9 Å². The van der Waals surface area contributed by atoms with Gasteiger partial charge in [-0.05, 0) is 30.3 Å². The molecule has 3 aromatic rings. The van der Waals surface area contributed by atoms with Gasteiger partial charge in [-0.25, -0.2) is 0 Å². The van der Waals surface area contributed by atoms with Gasteiger partial charge in [-0.3, -0.25) is 9.78 Å². The van der Waals surface area contributed by atoms with Gasteiger partial charge in [-0.2, -0.15) is 5.26 Å². The Kier molecular flexibility index (Phi) is 5.85. The standard InChI is InChI=1S/C25H20N4O/c26-18-22-23(29-16-14-27-15-17-29)12-13-28-24(22)25(30)21-9-5-4-8-20(21)11-10-19-6-2-1-3-7-19/h1-9,12-13,27H,14-17H2. The van der Waals surface area contributed by atoms with Crippen LogP contribution in [0.15, 0.2) is 66.9 Å². The number of rotatable bonds is 3. The van der Waals surface area contributed by atoms with E-state index < -0.39 is 0 Å². The average molecular weight is 392 g/mol. The molecule has 0 atom stereocenters. The smallest absolute Gasteiger partial charge is 0.214 e. The second-order valence-electron chi connectivity index (χ2n) is 6.89. The molecular formula is C25H20N4O. The summed E-state index contributed by atoms with van der Waals surface area (Å²) in [4.78, 5) is 19.8.